The van der Waals surface area contributed by atoms with E-state index in [-0.39, 0.29) is 5.92 Å². The summed E-state index contributed by atoms with van der Waals surface area (Å²) in [6.07, 6.45) is 8.04. The molecule has 1 aliphatic carbocycles. The molecule has 1 amide bonds. The van der Waals surface area contributed by atoms with E-state index in [1.54, 1.807) is 0 Å². The summed E-state index contributed by atoms with van der Waals surface area (Å²) >= 11 is 0. The Morgan fingerprint density at radius 1 is 1.15 bits per heavy atom. The average molecular weight is 380 g/mol. The molecule has 5 heteroatoms. The third-order valence-corrected chi connectivity index (χ3v) is 6.96. The molecule has 2 saturated heterocycles. The average Bonchev–Trinajstić information content (AvgIpc) is 2.65. The van der Waals surface area contributed by atoms with Gasteiger partial charge in [-0.05, 0) is 83.0 Å². The standard InChI is InChI=1S/C22H41N3O2/c1-18(2)14-27-15-19-4-6-20(7-5-19)21(26)25-16-22(17-25)8-12-24(13-9-22)11-3-10-23/h18-20H,3-17,23H2,1-2H3. The lowest BCUT2D eigenvalue weighted by Gasteiger charge is -2.55. The summed E-state index contributed by atoms with van der Waals surface area (Å²) in [6.45, 7) is 12.4. The number of piperidine rings is 1. The number of hydrogen-bond acceptors (Lipinski definition) is 4. The first-order valence-electron chi connectivity index (χ1n) is 11.3. The largest absolute Gasteiger partial charge is 0.381 e. The summed E-state index contributed by atoms with van der Waals surface area (Å²) < 4.78 is 5.81. The number of ether oxygens (including phenoxy) is 1. The molecule has 0 aromatic carbocycles. The van der Waals surface area contributed by atoms with Crippen LogP contribution in [-0.2, 0) is 9.53 Å². The maximum Gasteiger partial charge on any atom is 0.225 e. The Kier molecular flexibility index (Phi) is 7.57. The number of carbonyl (C=O) groups excluding carboxylic acids is 1. The van der Waals surface area contributed by atoms with Crippen LogP contribution in [0.5, 0.6) is 0 Å². The van der Waals surface area contributed by atoms with E-state index in [0.717, 1.165) is 71.5 Å². The Hall–Kier alpha value is -0.650. The smallest absolute Gasteiger partial charge is 0.225 e. The minimum absolute atomic E-state index is 0.272. The van der Waals surface area contributed by atoms with Gasteiger partial charge >= 0.3 is 0 Å². The van der Waals surface area contributed by atoms with Crippen molar-refractivity contribution < 1.29 is 9.53 Å². The van der Waals surface area contributed by atoms with E-state index in [1.807, 2.05) is 0 Å². The van der Waals surface area contributed by atoms with Gasteiger partial charge in [0, 0.05) is 37.6 Å². The Labute approximate surface area is 166 Å². The molecule has 2 N–H and O–H groups in total. The highest BCUT2D eigenvalue weighted by molar-refractivity contribution is 5.80. The van der Waals surface area contributed by atoms with E-state index in [9.17, 15) is 4.79 Å². The van der Waals surface area contributed by atoms with Crippen LogP contribution >= 0.6 is 0 Å². The zero-order valence-corrected chi connectivity index (χ0v) is 17.6. The zero-order chi connectivity index (χ0) is 19.3. The SMILES string of the molecule is CC(C)COCC1CCC(C(=O)N2CC3(CCN(CCCN)CC3)C2)CC1. The van der Waals surface area contributed by atoms with Crippen LogP contribution < -0.4 is 5.73 Å². The van der Waals surface area contributed by atoms with Crippen LogP contribution in [0.2, 0.25) is 0 Å². The number of rotatable bonds is 8. The molecule has 5 nitrogen and oxygen atoms in total. The normalized spacial score (nSPS) is 28.5. The third-order valence-electron chi connectivity index (χ3n) is 6.96. The summed E-state index contributed by atoms with van der Waals surface area (Å²) in [5.74, 6) is 1.98. The second-order valence-electron chi connectivity index (χ2n) is 9.83. The van der Waals surface area contributed by atoms with Gasteiger partial charge < -0.3 is 20.3 Å². The predicted octanol–water partition coefficient (Wildman–Crippen LogP) is 2.74. The predicted molar refractivity (Wildman–Crippen MR) is 109 cm³/mol. The number of carbonyl (C=O) groups is 1. The first-order valence-corrected chi connectivity index (χ1v) is 11.3. The van der Waals surface area contributed by atoms with Crippen molar-refractivity contribution in [3.8, 4) is 0 Å². The molecule has 3 fully saturated rings. The first kappa shape index (κ1) is 21.1. The van der Waals surface area contributed by atoms with E-state index >= 15 is 0 Å². The van der Waals surface area contributed by atoms with Crippen LogP contribution in [0.3, 0.4) is 0 Å². The molecule has 3 rings (SSSR count). The molecule has 1 spiro atoms. The van der Waals surface area contributed by atoms with Crippen LogP contribution in [0.1, 0.15) is 58.8 Å². The molecule has 0 unspecified atom stereocenters. The number of nitrogens with two attached hydrogens (primary N) is 1. The molecule has 0 aromatic rings. The lowest BCUT2D eigenvalue weighted by Crippen LogP contribution is -2.63. The second kappa shape index (κ2) is 9.71. The lowest BCUT2D eigenvalue weighted by molar-refractivity contribution is -0.152. The Bertz CT molecular complexity index is 458. The van der Waals surface area contributed by atoms with E-state index in [1.165, 1.54) is 25.9 Å². The Morgan fingerprint density at radius 3 is 2.41 bits per heavy atom. The number of amides is 1. The van der Waals surface area contributed by atoms with Gasteiger partial charge in [-0.2, -0.15) is 0 Å². The van der Waals surface area contributed by atoms with Gasteiger partial charge in [0.1, 0.15) is 0 Å². The van der Waals surface area contributed by atoms with Gasteiger partial charge in [-0.3, -0.25) is 4.79 Å². The molecule has 27 heavy (non-hydrogen) atoms. The highest BCUT2D eigenvalue weighted by Gasteiger charge is 2.47. The second-order valence-corrected chi connectivity index (χ2v) is 9.83. The minimum Gasteiger partial charge on any atom is -0.381 e. The maximum atomic E-state index is 12.9. The van der Waals surface area contributed by atoms with E-state index in [2.05, 4.69) is 23.6 Å². The topological polar surface area (TPSA) is 58.8 Å². The molecule has 156 valence electrons. The van der Waals surface area contributed by atoms with Crippen molar-refractivity contribution in [2.75, 3.05) is 52.5 Å². The first-order chi connectivity index (χ1) is 13.0. The summed E-state index contributed by atoms with van der Waals surface area (Å²) in [7, 11) is 0. The Balaban J connectivity index is 1.33. The molecule has 0 atom stereocenters. The van der Waals surface area contributed by atoms with Crippen molar-refractivity contribution in [3.05, 3.63) is 0 Å². The molecular formula is C22H41N3O2. The van der Waals surface area contributed by atoms with Gasteiger partial charge in [-0.15, -0.1) is 0 Å². The van der Waals surface area contributed by atoms with Gasteiger partial charge in [0.05, 0.1) is 0 Å². The summed E-state index contributed by atoms with van der Waals surface area (Å²) in [6, 6.07) is 0. The minimum atomic E-state index is 0.272. The third kappa shape index (κ3) is 5.68. The van der Waals surface area contributed by atoms with E-state index in [4.69, 9.17) is 10.5 Å². The number of likely N-dealkylation sites (tertiary alicyclic amines) is 2. The van der Waals surface area contributed by atoms with Gasteiger partial charge in [0.2, 0.25) is 5.91 Å². The van der Waals surface area contributed by atoms with Gasteiger partial charge in [-0.1, -0.05) is 13.8 Å². The van der Waals surface area contributed by atoms with Crippen molar-refractivity contribution in [2.24, 2.45) is 28.9 Å². The number of nitrogens with zero attached hydrogens (tertiary/aromatic N) is 2. The van der Waals surface area contributed by atoms with Crippen molar-refractivity contribution in [1.82, 2.24) is 9.80 Å². The van der Waals surface area contributed by atoms with Crippen molar-refractivity contribution in [3.63, 3.8) is 0 Å². The van der Waals surface area contributed by atoms with Crippen molar-refractivity contribution in [1.29, 1.82) is 0 Å². The molecule has 0 bridgehead atoms. The monoisotopic (exact) mass is 379 g/mol. The van der Waals surface area contributed by atoms with Crippen LogP contribution in [0, 0.1) is 23.2 Å². The lowest BCUT2D eigenvalue weighted by atomic mass is 9.71. The van der Waals surface area contributed by atoms with E-state index < -0.39 is 0 Å². The molecule has 2 aliphatic heterocycles. The highest BCUT2D eigenvalue weighted by Crippen LogP contribution is 2.42. The maximum absolute atomic E-state index is 12.9. The summed E-state index contributed by atoms with van der Waals surface area (Å²) in [4.78, 5) is 17.6. The van der Waals surface area contributed by atoms with Crippen molar-refractivity contribution in [2.45, 2.75) is 58.8 Å². The summed E-state index contributed by atoms with van der Waals surface area (Å²) in [5, 5.41) is 0. The fraction of sp³-hybridized carbons (Fsp3) is 0.955. The fourth-order valence-corrected chi connectivity index (χ4v) is 5.11. The zero-order valence-electron chi connectivity index (χ0n) is 17.6. The summed E-state index contributed by atoms with van der Waals surface area (Å²) in [5.41, 5.74) is 6.05. The molecule has 0 aromatic heterocycles. The van der Waals surface area contributed by atoms with Gasteiger partial charge in [-0.25, -0.2) is 0 Å². The van der Waals surface area contributed by atoms with Gasteiger partial charge in [0.25, 0.3) is 0 Å². The van der Waals surface area contributed by atoms with Crippen LogP contribution in [0.15, 0.2) is 0 Å². The van der Waals surface area contributed by atoms with Gasteiger partial charge in [0.15, 0.2) is 0 Å². The quantitative estimate of drug-likeness (QED) is 0.704. The molecule has 1 saturated carbocycles. The number of hydrogen-bond donors (Lipinski definition) is 1. The Morgan fingerprint density at radius 2 is 1.81 bits per heavy atom. The van der Waals surface area contributed by atoms with Crippen LogP contribution in [-0.4, -0.2) is 68.2 Å². The fourth-order valence-electron chi connectivity index (χ4n) is 5.11. The van der Waals surface area contributed by atoms with E-state index in [0.29, 0.717) is 23.2 Å². The van der Waals surface area contributed by atoms with Crippen LogP contribution in [0.25, 0.3) is 0 Å². The van der Waals surface area contributed by atoms with Crippen molar-refractivity contribution >= 4 is 5.91 Å². The highest BCUT2D eigenvalue weighted by atomic mass is 16.5. The molecule has 2 heterocycles. The molecule has 0 radical (unpaired) electrons. The molecular weight excluding hydrogens is 338 g/mol. The van der Waals surface area contributed by atoms with Crippen LogP contribution in [0.4, 0.5) is 0 Å². The molecule has 3 aliphatic rings.